The Balaban J connectivity index is 2.36. The topological polar surface area (TPSA) is 25.8 Å². The van der Waals surface area contributed by atoms with Crippen molar-refractivity contribution < 1.29 is 0 Å². The first-order valence-electron chi connectivity index (χ1n) is 5.69. The second kappa shape index (κ2) is 4.88. The third-order valence-corrected chi connectivity index (χ3v) is 2.46. The summed E-state index contributed by atoms with van der Waals surface area (Å²) in [7, 11) is 0. The molecule has 0 bridgehead atoms. The van der Waals surface area contributed by atoms with Crippen LogP contribution in [0.3, 0.4) is 0 Å². The standard InChI is InChI=1S/C14H16N2/c1-3-6-12-8-5-10-14(16-12)13-9-4-7-11(2)15-13/h4-5,7-10H,3,6H2,1-2H3. The van der Waals surface area contributed by atoms with Crippen LogP contribution >= 0.6 is 0 Å². The van der Waals surface area contributed by atoms with Gasteiger partial charge >= 0.3 is 0 Å². The van der Waals surface area contributed by atoms with E-state index in [0.29, 0.717) is 0 Å². The molecule has 2 rings (SSSR count). The molecule has 0 spiro atoms. The van der Waals surface area contributed by atoms with E-state index in [1.54, 1.807) is 0 Å². The summed E-state index contributed by atoms with van der Waals surface area (Å²) >= 11 is 0. The number of aromatic nitrogens is 2. The summed E-state index contributed by atoms with van der Waals surface area (Å²) in [5.74, 6) is 0. The highest BCUT2D eigenvalue weighted by Gasteiger charge is 2.01. The summed E-state index contributed by atoms with van der Waals surface area (Å²) in [6, 6.07) is 12.2. The minimum Gasteiger partial charge on any atom is -0.251 e. The summed E-state index contributed by atoms with van der Waals surface area (Å²) in [6.07, 6.45) is 2.15. The average molecular weight is 212 g/mol. The molecular formula is C14H16N2. The summed E-state index contributed by atoms with van der Waals surface area (Å²) in [6.45, 7) is 4.17. The van der Waals surface area contributed by atoms with E-state index < -0.39 is 0 Å². The van der Waals surface area contributed by atoms with Crippen LogP contribution in [0, 0.1) is 6.92 Å². The molecule has 2 nitrogen and oxygen atoms in total. The number of aryl methyl sites for hydroxylation is 2. The Kier molecular flexibility index (Phi) is 3.30. The molecule has 0 N–H and O–H groups in total. The van der Waals surface area contributed by atoms with Gasteiger partial charge in [-0.15, -0.1) is 0 Å². The molecule has 0 unspecified atom stereocenters. The van der Waals surface area contributed by atoms with Gasteiger partial charge in [-0.25, -0.2) is 0 Å². The summed E-state index contributed by atoms with van der Waals surface area (Å²) in [4.78, 5) is 9.09. The van der Waals surface area contributed by atoms with Gasteiger partial charge in [-0.2, -0.15) is 0 Å². The number of nitrogens with zero attached hydrogens (tertiary/aromatic N) is 2. The van der Waals surface area contributed by atoms with Gasteiger partial charge in [0.2, 0.25) is 0 Å². The highest BCUT2D eigenvalue weighted by molar-refractivity contribution is 5.54. The van der Waals surface area contributed by atoms with Crippen molar-refractivity contribution in [3.8, 4) is 11.4 Å². The molecule has 0 radical (unpaired) electrons. The minimum atomic E-state index is 0.956. The lowest BCUT2D eigenvalue weighted by Gasteiger charge is -2.03. The van der Waals surface area contributed by atoms with Crippen LogP contribution in [0.15, 0.2) is 36.4 Å². The first kappa shape index (κ1) is 10.8. The van der Waals surface area contributed by atoms with Crippen molar-refractivity contribution in [3.63, 3.8) is 0 Å². The summed E-state index contributed by atoms with van der Waals surface area (Å²) in [5, 5.41) is 0. The van der Waals surface area contributed by atoms with E-state index >= 15 is 0 Å². The van der Waals surface area contributed by atoms with E-state index in [4.69, 9.17) is 0 Å². The second-order valence-electron chi connectivity index (χ2n) is 3.93. The maximum atomic E-state index is 4.61. The Bertz CT molecular complexity index is 478. The van der Waals surface area contributed by atoms with Crippen LogP contribution in [-0.4, -0.2) is 9.97 Å². The van der Waals surface area contributed by atoms with Crippen LogP contribution in [0.25, 0.3) is 11.4 Å². The van der Waals surface area contributed by atoms with Crippen molar-refractivity contribution in [1.29, 1.82) is 0 Å². The Labute approximate surface area is 96.4 Å². The van der Waals surface area contributed by atoms with E-state index in [2.05, 4.69) is 29.0 Å². The molecular weight excluding hydrogens is 196 g/mol. The molecule has 0 aromatic carbocycles. The molecule has 2 aromatic heterocycles. The molecule has 16 heavy (non-hydrogen) atoms. The Hall–Kier alpha value is -1.70. The first-order chi connectivity index (χ1) is 7.79. The third kappa shape index (κ3) is 2.45. The molecule has 0 aliphatic heterocycles. The maximum absolute atomic E-state index is 4.61. The largest absolute Gasteiger partial charge is 0.251 e. The minimum absolute atomic E-state index is 0.956. The fourth-order valence-electron chi connectivity index (χ4n) is 1.70. The van der Waals surface area contributed by atoms with Gasteiger partial charge in [0, 0.05) is 11.4 Å². The molecule has 0 amide bonds. The molecule has 0 atom stereocenters. The fraction of sp³-hybridized carbons (Fsp3) is 0.286. The Morgan fingerprint density at radius 1 is 0.938 bits per heavy atom. The molecule has 2 heteroatoms. The molecule has 0 aliphatic carbocycles. The maximum Gasteiger partial charge on any atom is 0.0889 e. The van der Waals surface area contributed by atoms with Gasteiger partial charge in [-0.1, -0.05) is 25.5 Å². The summed E-state index contributed by atoms with van der Waals surface area (Å²) in [5.41, 5.74) is 4.09. The zero-order chi connectivity index (χ0) is 11.4. The van der Waals surface area contributed by atoms with E-state index in [9.17, 15) is 0 Å². The third-order valence-electron chi connectivity index (χ3n) is 2.46. The highest BCUT2D eigenvalue weighted by Crippen LogP contribution is 2.15. The zero-order valence-electron chi connectivity index (χ0n) is 9.77. The fourth-order valence-corrected chi connectivity index (χ4v) is 1.70. The number of hydrogen-bond acceptors (Lipinski definition) is 2. The van der Waals surface area contributed by atoms with Gasteiger partial charge in [0.05, 0.1) is 11.4 Å². The van der Waals surface area contributed by atoms with E-state index in [-0.39, 0.29) is 0 Å². The predicted octanol–water partition coefficient (Wildman–Crippen LogP) is 3.40. The Morgan fingerprint density at radius 2 is 1.62 bits per heavy atom. The zero-order valence-corrected chi connectivity index (χ0v) is 9.77. The highest BCUT2D eigenvalue weighted by atomic mass is 14.8. The molecule has 0 saturated heterocycles. The lowest BCUT2D eigenvalue weighted by molar-refractivity contribution is 0.883. The molecule has 0 fully saturated rings. The first-order valence-corrected chi connectivity index (χ1v) is 5.69. The van der Waals surface area contributed by atoms with Gasteiger partial charge in [0.25, 0.3) is 0 Å². The molecule has 82 valence electrons. The van der Waals surface area contributed by atoms with E-state index in [1.807, 2.05) is 31.2 Å². The van der Waals surface area contributed by atoms with Gasteiger partial charge in [-0.05, 0) is 37.6 Å². The predicted molar refractivity (Wildman–Crippen MR) is 66.2 cm³/mol. The number of pyridine rings is 2. The van der Waals surface area contributed by atoms with Crippen LogP contribution in [-0.2, 0) is 6.42 Å². The van der Waals surface area contributed by atoms with Crippen LogP contribution in [0.2, 0.25) is 0 Å². The van der Waals surface area contributed by atoms with Gasteiger partial charge < -0.3 is 0 Å². The van der Waals surface area contributed by atoms with Crippen molar-refractivity contribution >= 4 is 0 Å². The van der Waals surface area contributed by atoms with Crippen molar-refractivity contribution in [3.05, 3.63) is 47.8 Å². The molecule has 0 saturated carbocycles. The van der Waals surface area contributed by atoms with Crippen LogP contribution in [0.1, 0.15) is 24.7 Å². The van der Waals surface area contributed by atoms with Crippen molar-refractivity contribution in [2.45, 2.75) is 26.7 Å². The lowest BCUT2D eigenvalue weighted by atomic mass is 10.2. The van der Waals surface area contributed by atoms with Gasteiger partial charge in [-0.3, -0.25) is 9.97 Å². The quantitative estimate of drug-likeness (QED) is 0.779. The van der Waals surface area contributed by atoms with Crippen LogP contribution in [0.5, 0.6) is 0 Å². The van der Waals surface area contributed by atoms with Crippen LogP contribution < -0.4 is 0 Å². The van der Waals surface area contributed by atoms with E-state index in [1.165, 1.54) is 0 Å². The normalized spacial score (nSPS) is 10.4. The van der Waals surface area contributed by atoms with Gasteiger partial charge in [0.1, 0.15) is 0 Å². The summed E-state index contributed by atoms with van der Waals surface area (Å²) < 4.78 is 0. The van der Waals surface area contributed by atoms with E-state index in [0.717, 1.165) is 35.6 Å². The molecule has 2 aromatic rings. The lowest BCUT2D eigenvalue weighted by Crippen LogP contribution is -1.93. The number of hydrogen-bond donors (Lipinski definition) is 0. The molecule has 2 heterocycles. The van der Waals surface area contributed by atoms with Gasteiger partial charge in [0.15, 0.2) is 0 Å². The Morgan fingerprint density at radius 3 is 2.31 bits per heavy atom. The van der Waals surface area contributed by atoms with Crippen molar-refractivity contribution in [2.24, 2.45) is 0 Å². The number of rotatable bonds is 3. The average Bonchev–Trinajstić information content (AvgIpc) is 2.30. The van der Waals surface area contributed by atoms with Crippen LogP contribution in [0.4, 0.5) is 0 Å². The SMILES string of the molecule is CCCc1cccc(-c2cccc(C)n2)n1. The monoisotopic (exact) mass is 212 g/mol. The smallest absolute Gasteiger partial charge is 0.0889 e. The molecule has 0 aliphatic rings. The van der Waals surface area contributed by atoms with Crippen molar-refractivity contribution in [2.75, 3.05) is 0 Å². The second-order valence-corrected chi connectivity index (χ2v) is 3.93. The van der Waals surface area contributed by atoms with Crippen molar-refractivity contribution in [1.82, 2.24) is 9.97 Å².